The van der Waals surface area contributed by atoms with Crippen molar-refractivity contribution in [2.24, 2.45) is 5.10 Å². The molecule has 0 unspecified atom stereocenters. The van der Waals surface area contributed by atoms with Crippen LogP contribution in [0.15, 0.2) is 76.3 Å². The van der Waals surface area contributed by atoms with Crippen molar-refractivity contribution >= 4 is 45.6 Å². The summed E-state index contributed by atoms with van der Waals surface area (Å²) in [6.45, 7) is 1.60. The molecule has 0 bridgehead atoms. The van der Waals surface area contributed by atoms with Gasteiger partial charge in [0.2, 0.25) is 0 Å². The van der Waals surface area contributed by atoms with Crippen molar-refractivity contribution in [1.29, 1.82) is 0 Å². The maximum absolute atomic E-state index is 12.4. The molecule has 0 aliphatic rings. The van der Waals surface area contributed by atoms with E-state index in [-0.39, 0.29) is 5.75 Å². The number of methoxy groups -OCH3 is 1. The van der Waals surface area contributed by atoms with E-state index >= 15 is 0 Å². The average Bonchev–Trinajstić information content (AvgIpc) is 2.79. The third-order valence-electron chi connectivity index (χ3n) is 4.32. The fourth-order valence-electron chi connectivity index (χ4n) is 2.68. The molecule has 7 nitrogen and oxygen atoms in total. The second kappa shape index (κ2) is 11.5. The van der Waals surface area contributed by atoms with E-state index in [1.54, 1.807) is 67.6 Å². The Hall–Kier alpha value is -3.36. The molecule has 0 fully saturated rings. The topological polar surface area (TPSA) is 86.2 Å². The van der Waals surface area contributed by atoms with Crippen molar-refractivity contribution in [2.75, 3.05) is 7.11 Å². The van der Waals surface area contributed by atoms with E-state index in [1.165, 1.54) is 13.3 Å². The van der Waals surface area contributed by atoms with Crippen LogP contribution in [0.4, 0.5) is 0 Å². The molecular weight excluding hydrogens is 512 g/mol. The van der Waals surface area contributed by atoms with Crippen LogP contribution < -0.4 is 19.6 Å². The molecule has 1 atom stereocenters. The monoisotopic (exact) mass is 530 g/mol. The van der Waals surface area contributed by atoms with Gasteiger partial charge in [-0.05, 0) is 67.1 Å². The number of amides is 1. The number of nitrogens with one attached hydrogen (secondary N) is 1. The van der Waals surface area contributed by atoms with Crippen molar-refractivity contribution in [3.05, 3.63) is 87.4 Å². The lowest BCUT2D eigenvalue weighted by molar-refractivity contribution is -0.127. The lowest BCUT2D eigenvalue weighted by Crippen LogP contribution is -2.33. The highest BCUT2D eigenvalue weighted by atomic mass is 79.9. The zero-order chi connectivity index (χ0) is 23.8. The predicted octanol–water partition coefficient (Wildman–Crippen LogP) is 5.25. The van der Waals surface area contributed by atoms with Crippen molar-refractivity contribution in [3.8, 4) is 17.2 Å². The van der Waals surface area contributed by atoms with E-state index in [4.69, 9.17) is 25.8 Å². The lowest BCUT2D eigenvalue weighted by atomic mass is 10.2. The number of hydrogen-bond acceptors (Lipinski definition) is 6. The molecular formula is C24H20BrClN2O5. The highest BCUT2D eigenvalue weighted by Gasteiger charge is 2.15. The first-order chi connectivity index (χ1) is 15.9. The third kappa shape index (κ3) is 7.06. The summed E-state index contributed by atoms with van der Waals surface area (Å²) in [7, 11) is 1.46. The molecule has 0 aromatic heterocycles. The van der Waals surface area contributed by atoms with Gasteiger partial charge in [0.15, 0.2) is 17.6 Å². The van der Waals surface area contributed by atoms with Crippen molar-refractivity contribution in [2.45, 2.75) is 13.0 Å². The smallest absolute Gasteiger partial charge is 0.343 e. The Bertz CT molecular complexity index is 1190. The standard InChI is InChI=1S/C24H20BrClN2O5/c1-15(32-20-8-4-7-19(26)13-20)23(29)28-27-14-16-9-10-21(22(11-16)31-2)33-24(30)17-5-3-6-18(25)12-17/h3-15H,1-2H3,(H,28,29)/b27-14-/t15-/m0/s1. The van der Waals surface area contributed by atoms with Gasteiger partial charge in [-0.25, -0.2) is 10.2 Å². The Morgan fingerprint density at radius 1 is 1.06 bits per heavy atom. The van der Waals surface area contributed by atoms with E-state index < -0.39 is 18.0 Å². The van der Waals surface area contributed by atoms with Crippen LogP contribution in [-0.2, 0) is 4.79 Å². The highest BCUT2D eigenvalue weighted by molar-refractivity contribution is 9.10. The van der Waals surface area contributed by atoms with E-state index in [9.17, 15) is 9.59 Å². The fraction of sp³-hybridized carbons (Fsp3) is 0.125. The summed E-state index contributed by atoms with van der Waals surface area (Å²) in [5.74, 6) is 0.125. The summed E-state index contributed by atoms with van der Waals surface area (Å²) in [6, 6.07) is 18.5. The Labute approximate surface area is 204 Å². The summed E-state index contributed by atoms with van der Waals surface area (Å²) in [5, 5.41) is 4.46. The Kier molecular flexibility index (Phi) is 8.46. The average molecular weight is 532 g/mol. The molecule has 0 saturated heterocycles. The van der Waals surface area contributed by atoms with Crippen molar-refractivity contribution in [3.63, 3.8) is 0 Å². The zero-order valence-corrected chi connectivity index (χ0v) is 20.1. The van der Waals surface area contributed by atoms with Crippen LogP contribution in [0.5, 0.6) is 17.2 Å². The molecule has 0 saturated carbocycles. The summed E-state index contributed by atoms with van der Waals surface area (Å²) >= 11 is 9.24. The second-order valence-electron chi connectivity index (χ2n) is 6.76. The molecule has 0 aliphatic carbocycles. The molecule has 0 radical (unpaired) electrons. The van der Waals surface area contributed by atoms with E-state index in [0.29, 0.717) is 27.6 Å². The molecule has 3 aromatic rings. The summed E-state index contributed by atoms with van der Waals surface area (Å²) in [4.78, 5) is 24.6. The van der Waals surface area contributed by atoms with Gasteiger partial charge in [0.1, 0.15) is 5.75 Å². The largest absolute Gasteiger partial charge is 0.493 e. The normalized spacial score (nSPS) is 11.6. The van der Waals surface area contributed by atoms with Crippen molar-refractivity contribution in [1.82, 2.24) is 5.43 Å². The summed E-state index contributed by atoms with van der Waals surface area (Å²) in [5.41, 5.74) is 3.44. The number of halogens is 2. The molecule has 0 spiro atoms. The molecule has 3 aromatic carbocycles. The SMILES string of the molecule is COc1cc(/C=N\NC(=O)[C@H](C)Oc2cccc(Cl)c2)ccc1OC(=O)c1cccc(Br)c1. The van der Waals surface area contributed by atoms with Gasteiger partial charge < -0.3 is 14.2 Å². The van der Waals surface area contributed by atoms with Gasteiger partial charge in [-0.1, -0.05) is 39.7 Å². The van der Waals surface area contributed by atoms with Gasteiger partial charge in [-0.2, -0.15) is 5.10 Å². The third-order valence-corrected chi connectivity index (χ3v) is 5.05. The molecule has 1 N–H and O–H groups in total. The minimum Gasteiger partial charge on any atom is -0.493 e. The second-order valence-corrected chi connectivity index (χ2v) is 8.11. The van der Waals surface area contributed by atoms with Crippen LogP contribution in [0.1, 0.15) is 22.8 Å². The predicted molar refractivity (Wildman–Crippen MR) is 129 cm³/mol. The number of nitrogens with zero attached hydrogens (tertiary/aromatic N) is 1. The number of benzene rings is 3. The van der Waals surface area contributed by atoms with Crippen LogP contribution >= 0.6 is 27.5 Å². The zero-order valence-electron chi connectivity index (χ0n) is 17.7. The van der Waals surface area contributed by atoms with Crippen LogP contribution in [-0.4, -0.2) is 31.3 Å². The molecule has 1 amide bonds. The number of carbonyl (C=O) groups is 2. The first kappa shape index (κ1) is 24.3. The minimum absolute atomic E-state index is 0.257. The molecule has 0 heterocycles. The maximum atomic E-state index is 12.4. The van der Waals surface area contributed by atoms with E-state index in [1.807, 2.05) is 6.07 Å². The number of hydrazone groups is 1. The van der Waals surface area contributed by atoms with Crippen LogP contribution in [0.25, 0.3) is 0 Å². The molecule has 9 heteroatoms. The quantitative estimate of drug-likeness (QED) is 0.186. The number of ether oxygens (including phenoxy) is 3. The number of carbonyl (C=O) groups excluding carboxylic acids is 2. The van der Waals surface area contributed by atoms with E-state index in [2.05, 4.69) is 26.5 Å². The van der Waals surface area contributed by atoms with Gasteiger partial charge in [0.05, 0.1) is 18.9 Å². The van der Waals surface area contributed by atoms with Crippen LogP contribution in [0.3, 0.4) is 0 Å². The van der Waals surface area contributed by atoms with E-state index in [0.717, 1.165) is 4.47 Å². The lowest BCUT2D eigenvalue weighted by Gasteiger charge is -2.13. The Balaban J connectivity index is 1.60. The van der Waals surface area contributed by atoms with Crippen LogP contribution in [0.2, 0.25) is 5.02 Å². The molecule has 0 aliphatic heterocycles. The number of hydrogen-bond donors (Lipinski definition) is 1. The summed E-state index contributed by atoms with van der Waals surface area (Å²) < 4.78 is 17.1. The number of esters is 1. The molecule has 33 heavy (non-hydrogen) atoms. The number of rotatable bonds is 8. The van der Waals surface area contributed by atoms with Gasteiger partial charge in [-0.15, -0.1) is 0 Å². The first-order valence-corrected chi connectivity index (χ1v) is 10.9. The summed E-state index contributed by atoms with van der Waals surface area (Å²) in [6.07, 6.45) is 0.654. The van der Waals surface area contributed by atoms with Gasteiger partial charge >= 0.3 is 5.97 Å². The highest BCUT2D eigenvalue weighted by Crippen LogP contribution is 2.28. The maximum Gasteiger partial charge on any atom is 0.343 e. The molecule has 3 rings (SSSR count). The Morgan fingerprint density at radius 2 is 1.85 bits per heavy atom. The Morgan fingerprint density at radius 3 is 2.58 bits per heavy atom. The molecule has 170 valence electrons. The fourth-order valence-corrected chi connectivity index (χ4v) is 3.26. The van der Waals surface area contributed by atoms with Gasteiger partial charge in [0.25, 0.3) is 5.91 Å². The van der Waals surface area contributed by atoms with Crippen LogP contribution in [0, 0.1) is 0 Å². The van der Waals surface area contributed by atoms with Gasteiger partial charge in [0, 0.05) is 9.50 Å². The van der Waals surface area contributed by atoms with Gasteiger partial charge in [-0.3, -0.25) is 4.79 Å². The minimum atomic E-state index is -0.782. The first-order valence-electron chi connectivity index (χ1n) is 9.76. The van der Waals surface area contributed by atoms with Crippen molar-refractivity contribution < 1.29 is 23.8 Å².